The van der Waals surface area contributed by atoms with E-state index in [9.17, 15) is 5.11 Å². The highest BCUT2D eigenvalue weighted by atomic mass is 35.5. The summed E-state index contributed by atoms with van der Waals surface area (Å²) >= 11 is 5.41. The fourth-order valence-corrected chi connectivity index (χ4v) is 0.783. The maximum absolute atomic E-state index is 9.18. The molecular formula is C8H8ClNO. The summed E-state index contributed by atoms with van der Waals surface area (Å²) in [5, 5.41) is 9.18. The van der Waals surface area contributed by atoms with Crippen molar-refractivity contribution in [3.8, 4) is 5.75 Å². The molecule has 0 aliphatic heterocycles. The van der Waals surface area contributed by atoms with Crippen LogP contribution < -0.4 is 0 Å². The number of hydrogen-bond acceptors (Lipinski definition) is 2. The van der Waals surface area contributed by atoms with Gasteiger partial charge in [0.25, 0.3) is 0 Å². The van der Waals surface area contributed by atoms with Gasteiger partial charge in [-0.15, -0.1) is 11.6 Å². The number of rotatable bonds is 2. The van der Waals surface area contributed by atoms with Gasteiger partial charge in [0.2, 0.25) is 0 Å². The number of pyridine rings is 1. The summed E-state index contributed by atoms with van der Waals surface area (Å²) < 4.78 is 0. The van der Waals surface area contributed by atoms with Gasteiger partial charge in [0.15, 0.2) is 0 Å². The Hall–Kier alpha value is -1.02. The minimum atomic E-state index is 0.175. The Balaban J connectivity index is 2.86. The molecule has 58 valence electrons. The van der Waals surface area contributed by atoms with E-state index in [-0.39, 0.29) is 5.75 Å². The Kier molecular flexibility index (Phi) is 2.93. The lowest BCUT2D eigenvalue weighted by Crippen LogP contribution is -1.79. The van der Waals surface area contributed by atoms with E-state index in [2.05, 4.69) is 4.98 Å². The molecule has 1 heterocycles. The second-order valence-corrected chi connectivity index (χ2v) is 2.27. The number of aromatic nitrogens is 1. The van der Waals surface area contributed by atoms with Crippen LogP contribution in [-0.2, 0) is 0 Å². The van der Waals surface area contributed by atoms with Gasteiger partial charge in [-0.2, -0.15) is 0 Å². The van der Waals surface area contributed by atoms with Gasteiger partial charge in [0.05, 0.1) is 0 Å². The number of allylic oxidation sites excluding steroid dienone is 1. The molecule has 0 aromatic carbocycles. The number of hydrogen-bond donors (Lipinski definition) is 1. The Bertz CT molecular complexity index is 260. The van der Waals surface area contributed by atoms with Gasteiger partial charge in [0, 0.05) is 12.1 Å². The molecule has 0 saturated carbocycles. The van der Waals surface area contributed by atoms with Gasteiger partial charge in [0.1, 0.15) is 11.4 Å². The summed E-state index contributed by atoms with van der Waals surface area (Å²) in [6.45, 7) is 0. The van der Waals surface area contributed by atoms with Gasteiger partial charge < -0.3 is 5.11 Å². The minimum absolute atomic E-state index is 0.175. The van der Waals surface area contributed by atoms with E-state index in [1.54, 1.807) is 30.5 Å². The van der Waals surface area contributed by atoms with E-state index < -0.39 is 0 Å². The largest absolute Gasteiger partial charge is 0.506 e. The standard InChI is InChI=1S/C8H8ClNO/c9-5-1-3-7-8(11)4-2-6-10-7/h1-4,6,11H,5H2. The average Bonchev–Trinajstić information content (AvgIpc) is 2.03. The quantitative estimate of drug-likeness (QED) is 0.688. The highest BCUT2D eigenvalue weighted by Crippen LogP contribution is 2.13. The van der Waals surface area contributed by atoms with Crippen molar-refractivity contribution in [2.24, 2.45) is 0 Å². The molecule has 0 unspecified atom stereocenters. The zero-order valence-electron chi connectivity index (χ0n) is 5.87. The summed E-state index contributed by atoms with van der Waals surface area (Å²) in [5.41, 5.74) is 0.549. The second kappa shape index (κ2) is 3.98. The molecular weight excluding hydrogens is 162 g/mol. The van der Waals surface area contributed by atoms with Gasteiger partial charge >= 0.3 is 0 Å². The van der Waals surface area contributed by atoms with E-state index in [4.69, 9.17) is 11.6 Å². The first-order chi connectivity index (χ1) is 5.34. The summed E-state index contributed by atoms with van der Waals surface area (Å²) in [6.07, 6.45) is 5.03. The molecule has 0 radical (unpaired) electrons. The Morgan fingerprint density at radius 3 is 3.09 bits per heavy atom. The van der Waals surface area contributed by atoms with Crippen LogP contribution in [0.2, 0.25) is 0 Å². The minimum Gasteiger partial charge on any atom is -0.506 e. The molecule has 1 rings (SSSR count). The van der Waals surface area contributed by atoms with Crippen molar-refractivity contribution in [1.29, 1.82) is 0 Å². The number of nitrogens with zero attached hydrogens (tertiary/aromatic N) is 1. The monoisotopic (exact) mass is 169 g/mol. The summed E-state index contributed by atoms with van der Waals surface area (Å²) in [5.74, 6) is 0.601. The van der Waals surface area contributed by atoms with Gasteiger partial charge in [-0.05, 0) is 18.2 Å². The molecule has 0 aliphatic carbocycles. The zero-order valence-corrected chi connectivity index (χ0v) is 6.62. The molecule has 1 aromatic heterocycles. The molecule has 0 atom stereocenters. The van der Waals surface area contributed by atoms with E-state index in [1.165, 1.54) is 0 Å². The molecule has 0 bridgehead atoms. The predicted octanol–water partition coefficient (Wildman–Crippen LogP) is 2.04. The Morgan fingerprint density at radius 1 is 1.64 bits per heavy atom. The highest BCUT2D eigenvalue weighted by molar-refractivity contribution is 6.19. The third-order valence-corrected chi connectivity index (χ3v) is 1.36. The third kappa shape index (κ3) is 2.24. The van der Waals surface area contributed by atoms with Gasteiger partial charge in [-0.1, -0.05) is 6.08 Å². The van der Waals surface area contributed by atoms with Crippen molar-refractivity contribution in [3.63, 3.8) is 0 Å². The highest BCUT2D eigenvalue weighted by Gasteiger charge is 1.93. The van der Waals surface area contributed by atoms with Crippen LogP contribution in [0.25, 0.3) is 6.08 Å². The van der Waals surface area contributed by atoms with Crippen molar-refractivity contribution >= 4 is 17.7 Å². The molecule has 0 amide bonds. The first-order valence-corrected chi connectivity index (χ1v) is 3.74. The second-order valence-electron chi connectivity index (χ2n) is 1.96. The fourth-order valence-electron chi connectivity index (χ4n) is 0.694. The van der Waals surface area contributed by atoms with Crippen molar-refractivity contribution < 1.29 is 5.11 Å². The Morgan fingerprint density at radius 2 is 2.45 bits per heavy atom. The molecule has 0 fully saturated rings. The lowest BCUT2D eigenvalue weighted by Gasteiger charge is -1.94. The average molecular weight is 170 g/mol. The lowest BCUT2D eigenvalue weighted by atomic mass is 10.3. The summed E-state index contributed by atoms with van der Waals surface area (Å²) in [4.78, 5) is 3.92. The number of halogens is 1. The lowest BCUT2D eigenvalue weighted by molar-refractivity contribution is 0.471. The molecule has 0 spiro atoms. The van der Waals surface area contributed by atoms with Crippen molar-refractivity contribution in [3.05, 3.63) is 30.1 Å². The van der Waals surface area contributed by atoms with Crippen molar-refractivity contribution in [1.82, 2.24) is 4.98 Å². The van der Waals surface area contributed by atoms with Gasteiger partial charge in [-0.3, -0.25) is 4.98 Å². The van der Waals surface area contributed by atoms with E-state index in [0.29, 0.717) is 11.6 Å². The topological polar surface area (TPSA) is 33.1 Å². The molecule has 2 nitrogen and oxygen atoms in total. The first-order valence-electron chi connectivity index (χ1n) is 3.21. The van der Waals surface area contributed by atoms with Crippen LogP contribution >= 0.6 is 11.6 Å². The SMILES string of the molecule is Oc1cccnc1C=CCCl. The molecule has 0 aliphatic rings. The van der Waals surface area contributed by atoms with Crippen LogP contribution in [0, 0.1) is 0 Å². The van der Waals surface area contributed by atoms with E-state index >= 15 is 0 Å². The van der Waals surface area contributed by atoms with Gasteiger partial charge in [-0.25, -0.2) is 0 Å². The summed E-state index contributed by atoms with van der Waals surface area (Å²) in [6, 6.07) is 3.26. The van der Waals surface area contributed by atoms with Crippen LogP contribution in [0.4, 0.5) is 0 Å². The van der Waals surface area contributed by atoms with E-state index in [1.807, 2.05) is 0 Å². The van der Waals surface area contributed by atoms with Crippen LogP contribution in [0.15, 0.2) is 24.4 Å². The fraction of sp³-hybridized carbons (Fsp3) is 0.125. The normalized spacial score (nSPS) is 10.6. The van der Waals surface area contributed by atoms with Crippen LogP contribution in [0.1, 0.15) is 5.69 Å². The van der Waals surface area contributed by atoms with Crippen molar-refractivity contribution in [2.75, 3.05) is 5.88 Å². The Labute approximate surface area is 70.2 Å². The third-order valence-electron chi connectivity index (χ3n) is 1.18. The summed E-state index contributed by atoms with van der Waals surface area (Å²) in [7, 11) is 0. The van der Waals surface area contributed by atoms with Crippen LogP contribution in [0.5, 0.6) is 5.75 Å². The van der Waals surface area contributed by atoms with Crippen molar-refractivity contribution in [2.45, 2.75) is 0 Å². The number of alkyl halides is 1. The maximum Gasteiger partial charge on any atom is 0.141 e. The maximum atomic E-state index is 9.18. The smallest absolute Gasteiger partial charge is 0.141 e. The zero-order chi connectivity index (χ0) is 8.10. The number of aromatic hydroxyl groups is 1. The molecule has 3 heteroatoms. The molecule has 11 heavy (non-hydrogen) atoms. The first kappa shape index (κ1) is 8.08. The molecule has 1 aromatic rings. The molecule has 0 saturated heterocycles. The van der Waals surface area contributed by atoms with Crippen LogP contribution in [-0.4, -0.2) is 16.0 Å². The van der Waals surface area contributed by atoms with E-state index in [0.717, 1.165) is 0 Å². The van der Waals surface area contributed by atoms with Crippen LogP contribution in [0.3, 0.4) is 0 Å². The predicted molar refractivity (Wildman–Crippen MR) is 45.7 cm³/mol. The molecule has 1 N–H and O–H groups in total.